The Morgan fingerprint density at radius 2 is 1.13 bits per heavy atom. The van der Waals surface area contributed by atoms with Crippen LogP contribution in [0.4, 0.5) is 0 Å². The van der Waals surface area contributed by atoms with Gasteiger partial charge >= 0.3 is 0 Å². The number of hydrogen-bond donors (Lipinski definition) is 0. The quantitative estimate of drug-likeness (QED) is 0.575. The highest BCUT2D eigenvalue weighted by atomic mass is 16.5. The van der Waals surface area contributed by atoms with Gasteiger partial charge in [0.05, 0.1) is 13.2 Å². The van der Waals surface area contributed by atoms with Crippen molar-refractivity contribution in [3.8, 4) is 11.5 Å². The zero-order valence-electron chi connectivity index (χ0n) is 14.7. The Morgan fingerprint density at radius 3 is 1.52 bits per heavy atom. The maximum absolute atomic E-state index is 5.82. The van der Waals surface area contributed by atoms with E-state index in [1.807, 2.05) is 12.1 Å². The standard InChI is InChI=1S/C21H28O2/c1-16(2)18-8-5-10-20(14-18)22-12-7-13-23-21-11-6-9-19(15-21)17(3)4/h5-6,8-11,14-17H,7,12-13H2,1-4H3. The lowest BCUT2D eigenvalue weighted by molar-refractivity contribution is 0.247. The molecule has 0 heterocycles. The Morgan fingerprint density at radius 1 is 0.696 bits per heavy atom. The molecule has 0 N–H and O–H groups in total. The highest BCUT2D eigenvalue weighted by Crippen LogP contribution is 2.21. The number of rotatable bonds is 8. The van der Waals surface area contributed by atoms with Gasteiger partial charge in [0.25, 0.3) is 0 Å². The molecule has 0 amide bonds. The van der Waals surface area contributed by atoms with Crippen molar-refractivity contribution in [3.63, 3.8) is 0 Å². The van der Waals surface area contributed by atoms with Crippen LogP contribution in [0.5, 0.6) is 11.5 Å². The lowest BCUT2D eigenvalue weighted by Gasteiger charge is -2.11. The van der Waals surface area contributed by atoms with E-state index in [4.69, 9.17) is 9.47 Å². The minimum Gasteiger partial charge on any atom is -0.493 e. The molecule has 0 radical (unpaired) electrons. The fourth-order valence-electron chi connectivity index (χ4n) is 2.37. The molecule has 23 heavy (non-hydrogen) atoms. The molecule has 2 heteroatoms. The molecule has 2 aromatic rings. The van der Waals surface area contributed by atoms with Gasteiger partial charge in [-0.05, 0) is 47.2 Å². The summed E-state index contributed by atoms with van der Waals surface area (Å²) in [5, 5.41) is 0. The van der Waals surface area contributed by atoms with Crippen LogP contribution in [0.1, 0.15) is 57.1 Å². The fraction of sp³-hybridized carbons (Fsp3) is 0.429. The van der Waals surface area contributed by atoms with Crippen LogP contribution in [0.15, 0.2) is 48.5 Å². The average molecular weight is 312 g/mol. The van der Waals surface area contributed by atoms with Crippen LogP contribution in [0.3, 0.4) is 0 Å². The Kier molecular flexibility index (Phi) is 6.52. The summed E-state index contributed by atoms with van der Waals surface area (Å²) in [7, 11) is 0. The van der Waals surface area contributed by atoms with Crippen molar-refractivity contribution in [3.05, 3.63) is 59.7 Å². The second kappa shape index (κ2) is 8.61. The average Bonchev–Trinajstić information content (AvgIpc) is 2.55. The van der Waals surface area contributed by atoms with Gasteiger partial charge in [0, 0.05) is 6.42 Å². The van der Waals surface area contributed by atoms with Crippen molar-refractivity contribution in [1.82, 2.24) is 0 Å². The molecular weight excluding hydrogens is 284 g/mol. The van der Waals surface area contributed by atoms with E-state index in [0.717, 1.165) is 17.9 Å². The fourth-order valence-corrected chi connectivity index (χ4v) is 2.37. The van der Waals surface area contributed by atoms with Crippen molar-refractivity contribution in [2.75, 3.05) is 13.2 Å². The Hall–Kier alpha value is -1.96. The van der Waals surface area contributed by atoms with E-state index in [2.05, 4.69) is 64.1 Å². The van der Waals surface area contributed by atoms with E-state index in [-0.39, 0.29) is 0 Å². The minimum atomic E-state index is 0.523. The first-order valence-corrected chi connectivity index (χ1v) is 8.52. The van der Waals surface area contributed by atoms with Crippen LogP contribution < -0.4 is 9.47 Å². The summed E-state index contributed by atoms with van der Waals surface area (Å²) in [4.78, 5) is 0. The van der Waals surface area contributed by atoms with Gasteiger partial charge in [-0.15, -0.1) is 0 Å². The molecule has 2 aromatic carbocycles. The Balaban J connectivity index is 1.74. The summed E-state index contributed by atoms with van der Waals surface area (Å²) >= 11 is 0. The van der Waals surface area contributed by atoms with E-state index in [1.54, 1.807) is 0 Å². The third kappa shape index (κ3) is 5.63. The predicted molar refractivity (Wildman–Crippen MR) is 96.7 cm³/mol. The molecule has 0 aromatic heterocycles. The van der Waals surface area contributed by atoms with Crippen LogP contribution in [0.25, 0.3) is 0 Å². The first-order chi connectivity index (χ1) is 11.1. The highest BCUT2D eigenvalue weighted by Gasteiger charge is 2.02. The summed E-state index contributed by atoms with van der Waals surface area (Å²) in [6.45, 7) is 10.1. The third-order valence-corrected chi connectivity index (χ3v) is 3.88. The number of ether oxygens (including phenoxy) is 2. The smallest absolute Gasteiger partial charge is 0.119 e. The van der Waals surface area contributed by atoms with Crippen LogP contribution >= 0.6 is 0 Å². The molecule has 0 bridgehead atoms. The zero-order valence-corrected chi connectivity index (χ0v) is 14.7. The molecule has 0 fully saturated rings. The predicted octanol–water partition coefficient (Wildman–Crippen LogP) is 5.78. The van der Waals surface area contributed by atoms with Gasteiger partial charge < -0.3 is 9.47 Å². The zero-order chi connectivity index (χ0) is 16.7. The highest BCUT2D eigenvalue weighted by molar-refractivity contribution is 5.31. The van der Waals surface area contributed by atoms with Crippen LogP contribution in [-0.2, 0) is 0 Å². The summed E-state index contributed by atoms with van der Waals surface area (Å²) in [5.74, 6) is 2.93. The van der Waals surface area contributed by atoms with Crippen molar-refractivity contribution in [2.24, 2.45) is 0 Å². The van der Waals surface area contributed by atoms with E-state index < -0.39 is 0 Å². The molecule has 0 unspecified atom stereocenters. The maximum atomic E-state index is 5.82. The summed E-state index contributed by atoms with van der Waals surface area (Å²) < 4.78 is 11.6. The third-order valence-electron chi connectivity index (χ3n) is 3.88. The SMILES string of the molecule is CC(C)c1cccc(OCCCOc2cccc(C(C)C)c2)c1. The number of benzene rings is 2. The van der Waals surface area contributed by atoms with Crippen LogP contribution in [-0.4, -0.2) is 13.2 Å². The minimum absolute atomic E-state index is 0.523. The molecule has 2 nitrogen and oxygen atoms in total. The lowest BCUT2D eigenvalue weighted by atomic mass is 10.0. The van der Waals surface area contributed by atoms with E-state index in [9.17, 15) is 0 Å². The maximum Gasteiger partial charge on any atom is 0.119 e. The van der Waals surface area contributed by atoms with Gasteiger partial charge in [-0.25, -0.2) is 0 Å². The molecule has 0 saturated carbocycles. The molecule has 124 valence electrons. The normalized spacial score (nSPS) is 11.0. The number of hydrogen-bond acceptors (Lipinski definition) is 2. The summed E-state index contributed by atoms with van der Waals surface area (Å²) in [6, 6.07) is 16.7. The molecule has 0 atom stereocenters. The van der Waals surface area contributed by atoms with E-state index in [1.165, 1.54) is 11.1 Å². The molecule has 2 rings (SSSR count). The van der Waals surface area contributed by atoms with Gasteiger partial charge in [0.2, 0.25) is 0 Å². The van der Waals surface area contributed by atoms with Crippen molar-refractivity contribution in [1.29, 1.82) is 0 Å². The molecule has 0 aliphatic rings. The van der Waals surface area contributed by atoms with Gasteiger partial charge in [-0.2, -0.15) is 0 Å². The van der Waals surface area contributed by atoms with Gasteiger partial charge in [-0.1, -0.05) is 52.0 Å². The molecule has 0 spiro atoms. The molecular formula is C21H28O2. The monoisotopic (exact) mass is 312 g/mol. The van der Waals surface area contributed by atoms with Gasteiger partial charge in [-0.3, -0.25) is 0 Å². The van der Waals surface area contributed by atoms with E-state index >= 15 is 0 Å². The van der Waals surface area contributed by atoms with Crippen LogP contribution in [0.2, 0.25) is 0 Å². The second-order valence-electron chi connectivity index (χ2n) is 6.50. The molecule has 0 aliphatic carbocycles. The van der Waals surface area contributed by atoms with Gasteiger partial charge in [0.15, 0.2) is 0 Å². The lowest BCUT2D eigenvalue weighted by Crippen LogP contribution is -2.05. The largest absolute Gasteiger partial charge is 0.493 e. The second-order valence-corrected chi connectivity index (χ2v) is 6.50. The summed E-state index contributed by atoms with van der Waals surface area (Å²) in [5.41, 5.74) is 2.62. The van der Waals surface area contributed by atoms with Crippen LogP contribution in [0, 0.1) is 0 Å². The van der Waals surface area contributed by atoms with Gasteiger partial charge in [0.1, 0.15) is 11.5 Å². The van der Waals surface area contributed by atoms with Crippen molar-refractivity contribution >= 4 is 0 Å². The first kappa shape index (κ1) is 17.4. The molecule has 0 aliphatic heterocycles. The Labute approximate surface area is 140 Å². The van der Waals surface area contributed by atoms with Crippen molar-refractivity contribution in [2.45, 2.75) is 46.0 Å². The summed E-state index contributed by atoms with van der Waals surface area (Å²) in [6.07, 6.45) is 0.873. The first-order valence-electron chi connectivity index (χ1n) is 8.52. The van der Waals surface area contributed by atoms with E-state index in [0.29, 0.717) is 25.0 Å². The van der Waals surface area contributed by atoms with Crippen molar-refractivity contribution < 1.29 is 9.47 Å². The molecule has 0 saturated heterocycles. The topological polar surface area (TPSA) is 18.5 Å². The Bertz CT molecular complexity index is 549.